The van der Waals surface area contributed by atoms with Gasteiger partial charge < -0.3 is 5.73 Å². The van der Waals surface area contributed by atoms with Crippen LogP contribution in [0.4, 0.5) is 0 Å². The Balaban J connectivity index is 3.87. The van der Waals surface area contributed by atoms with E-state index in [1.165, 1.54) is 0 Å². The van der Waals surface area contributed by atoms with Gasteiger partial charge >= 0.3 is 0 Å². The summed E-state index contributed by atoms with van der Waals surface area (Å²) in [6, 6.07) is 1.27. The topological polar surface area (TPSA) is 49.8 Å². The molecular weight excluding hydrogens is 124 g/mol. The Bertz CT molecular complexity index is 109. The standard InChI is InChI=1S/C5H9ClN2/c1-5(2,6)4(8)3-7/h4H,8H2,1-2H3. The highest BCUT2D eigenvalue weighted by Gasteiger charge is 2.22. The summed E-state index contributed by atoms with van der Waals surface area (Å²) in [6.07, 6.45) is 0. The van der Waals surface area contributed by atoms with E-state index in [1.54, 1.807) is 13.8 Å². The van der Waals surface area contributed by atoms with Crippen LogP contribution in [0.2, 0.25) is 0 Å². The van der Waals surface area contributed by atoms with Crippen LogP contribution in [-0.4, -0.2) is 10.9 Å². The van der Waals surface area contributed by atoms with E-state index in [2.05, 4.69) is 0 Å². The summed E-state index contributed by atoms with van der Waals surface area (Å²) < 4.78 is 0. The van der Waals surface area contributed by atoms with Crippen molar-refractivity contribution in [2.24, 2.45) is 5.73 Å². The van der Waals surface area contributed by atoms with Gasteiger partial charge in [-0.3, -0.25) is 0 Å². The summed E-state index contributed by atoms with van der Waals surface area (Å²) in [5.41, 5.74) is 5.26. The number of hydrogen-bond donors (Lipinski definition) is 1. The van der Waals surface area contributed by atoms with E-state index < -0.39 is 10.9 Å². The fourth-order valence-electron chi connectivity index (χ4n) is 0.153. The Morgan fingerprint density at radius 1 is 1.75 bits per heavy atom. The van der Waals surface area contributed by atoms with Gasteiger partial charge in [0.2, 0.25) is 0 Å². The van der Waals surface area contributed by atoms with Gasteiger partial charge in [0.1, 0.15) is 6.04 Å². The molecule has 0 amide bonds. The molecule has 8 heavy (non-hydrogen) atoms. The molecule has 0 aromatic heterocycles. The Morgan fingerprint density at radius 3 is 2.12 bits per heavy atom. The van der Waals surface area contributed by atoms with E-state index in [-0.39, 0.29) is 0 Å². The summed E-state index contributed by atoms with van der Waals surface area (Å²) in [5, 5.41) is 8.21. The minimum atomic E-state index is -0.602. The van der Waals surface area contributed by atoms with Crippen LogP contribution >= 0.6 is 11.6 Å². The number of alkyl halides is 1. The number of nitrogens with two attached hydrogens (primary N) is 1. The van der Waals surface area contributed by atoms with E-state index in [1.807, 2.05) is 6.07 Å². The summed E-state index contributed by atoms with van der Waals surface area (Å²) in [5.74, 6) is 0. The lowest BCUT2D eigenvalue weighted by Crippen LogP contribution is -2.36. The Labute approximate surface area is 54.2 Å². The first-order valence-electron chi connectivity index (χ1n) is 2.32. The zero-order valence-corrected chi connectivity index (χ0v) is 5.74. The molecule has 2 N–H and O–H groups in total. The zero-order chi connectivity index (χ0) is 6.78. The van der Waals surface area contributed by atoms with Crippen molar-refractivity contribution in [3.63, 3.8) is 0 Å². The predicted molar refractivity (Wildman–Crippen MR) is 33.5 cm³/mol. The van der Waals surface area contributed by atoms with Crippen molar-refractivity contribution >= 4 is 11.6 Å². The van der Waals surface area contributed by atoms with Crippen molar-refractivity contribution in [2.75, 3.05) is 0 Å². The highest BCUT2D eigenvalue weighted by atomic mass is 35.5. The molecule has 2 nitrogen and oxygen atoms in total. The first kappa shape index (κ1) is 7.74. The third-order valence-corrected chi connectivity index (χ3v) is 1.11. The molecule has 0 radical (unpaired) electrons. The minimum absolute atomic E-state index is 0.579. The minimum Gasteiger partial charge on any atom is -0.314 e. The lowest BCUT2D eigenvalue weighted by atomic mass is 10.1. The molecule has 0 aliphatic carbocycles. The second-order valence-electron chi connectivity index (χ2n) is 2.17. The monoisotopic (exact) mass is 132 g/mol. The summed E-state index contributed by atoms with van der Waals surface area (Å²) in [7, 11) is 0. The van der Waals surface area contributed by atoms with Crippen LogP contribution in [0, 0.1) is 11.3 Å². The fourth-order valence-corrected chi connectivity index (χ4v) is 0.202. The second-order valence-corrected chi connectivity index (χ2v) is 3.15. The normalized spacial score (nSPS) is 14.9. The van der Waals surface area contributed by atoms with Crippen LogP contribution in [0.1, 0.15) is 13.8 Å². The summed E-state index contributed by atoms with van der Waals surface area (Å²) in [6.45, 7) is 3.42. The first-order valence-corrected chi connectivity index (χ1v) is 2.70. The molecule has 0 aromatic rings. The Morgan fingerprint density at radius 2 is 2.12 bits per heavy atom. The molecule has 0 heterocycles. The van der Waals surface area contributed by atoms with Crippen molar-refractivity contribution < 1.29 is 0 Å². The molecule has 0 spiro atoms. The third-order valence-electron chi connectivity index (χ3n) is 0.879. The van der Waals surface area contributed by atoms with Crippen LogP contribution < -0.4 is 5.73 Å². The largest absolute Gasteiger partial charge is 0.314 e. The van der Waals surface area contributed by atoms with Crippen LogP contribution in [0.15, 0.2) is 0 Å². The van der Waals surface area contributed by atoms with Gasteiger partial charge in [0.05, 0.1) is 10.9 Å². The van der Waals surface area contributed by atoms with Gasteiger partial charge in [-0.1, -0.05) is 0 Å². The maximum Gasteiger partial charge on any atom is 0.112 e. The highest BCUT2D eigenvalue weighted by Crippen LogP contribution is 2.14. The van der Waals surface area contributed by atoms with E-state index in [0.29, 0.717) is 0 Å². The number of hydrogen-bond acceptors (Lipinski definition) is 2. The number of rotatable bonds is 1. The quantitative estimate of drug-likeness (QED) is 0.538. The summed E-state index contributed by atoms with van der Waals surface area (Å²) >= 11 is 5.64. The third kappa shape index (κ3) is 2.15. The molecule has 1 atom stereocenters. The first-order chi connectivity index (χ1) is 3.48. The van der Waals surface area contributed by atoms with Crippen LogP contribution in [0.25, 0.3) is 0 Å². The van der Waals surface area contributed by atoms with Gasteiger partial charge in [0.25, 0.3) is 0 Å². The van der Waals surface area contributed by atoms with Crippen LogP contribution in [0.5, 0.6) is 0 Å². The maximum atomic E-state index is 8.21. The molecule has 0 bridgehead atoms. The van der Waals surface area contributed by atoms with Gasteiger partial charge in [-0.15, -0.1) is 11.6 Å². The molecule has 0 rings (SSSR count). The molecule has 3 heteroatoms. The second kappa shape index (κ2) is 2.34. The van der Waals surface area contributed by atoms with Gasteiger partial charge in [-0.2, -0.15) is 5.26 Å². The zero-order valence-electron chi connectivity index (χ0n) is 4.98. The Kier molecular flexibility index (Phi) is 2.26. The molecule has 0 saturated carbocycles. The van der Waals surface area contributed by atoms with Crippen molar-refractivity contribution in [2.45, 2.75) is 24.8 Å². The van der Waals surface area contributed by atoms with Crippen LogP contribution in [0.3, 0.4) is 0 Å². The van der Waals surface area contributed by atoms with Crippen molar-refractivity contribution in [1.29, 1.82) is 5.26 Å². The van der Waals surface area contributed by atoms with Crippen molar-refractivity contribution in [3.8, 4) is 6.07 Å². The highest BCUT2D eigenvalue weighted by molar-refractivity contribution is 6.24. The Hall–Kier alpha value is -0.260. The SMILES string of the molecule is CC(C)(Cl)C(N)C#N. The van der Waals surface area contributed by atoms with E-state index in [4.69, 9.17) is 22.6 Å². The number of nitriles is 1. The number of halogens is 1. The number of nitrogens with zero attached hydrogens (tertiary/aromatic N) is 1. The average Bonchev–Trinajstić information content (AvgIpc) is 1.62. The van der Waals surface area contributed by atoms with Gasteiger partial charge in [0.15, 0.2) is 0 Å². The molecule has 1 unspecified atom stereocenters. The fraction of sp³-hybridized carbons (Fsp3) is 0.800. The van der Waals surface area contributed by atoms with E-state index >= 15 is 0 Å². The summed E-state index contributed by atoms with van der Waals surface area (Å²) in [4.78, 5) is -0.602. The molecule has 0 aliphatic heterocycles. The smallest absolute Gasteiger partial charge is 0.112 e. The molecule has 0 fully saturated rings. The molecule has 0 aliphatic rings. The lowest BCUT2D eigenvalue weighted by Gasteiger charge is -2.16. The predicted octanol–water partition coefficient (Wildman–Crippen LogP) is 0.855. The average molecular weight is 133 g/mol. The molecule has 0 aromatic carbocycles. The van der Waals surface area contributed by atoms with Crippen molar-refractivity contribution in [1.82, 2.24) is 0 Å². The van der Waals surface area contributed by atoms with E-state index in [9.17, 15) is 0 Å². The maximum absolute atomic E-state index is 8.21. The van der Waals surface area contributed by atoms with Crippen molar-refractivity contribution in [3.05, 3.63) is 0 Å². The molecular formula is C5H9ClN2. The van der Waals surface area contributed by atoms with E-state index in [0.717, 1.165) is 0 Å². The van der Waals surface area contributed by atoms with Gasteiger partial charge in [-0.25, -0.2) is 0 Å². The molecule has 0 saturated heterocycles. The lowest BCUT2D eigenvalue weighted by molar-refractivity contribution is 0.621. The van der Waals surface area contributed by atoms with Gasteiger partial charge in [-0.05, 0) is 13.8 Å². The molecule has 46 valence electrons. The van der Waals surface area contributed by atoms with Gasteiger partial charge in [0, 0.05) is 0 Å². The van der Waals surface area contributed by atoms with Crippen LogP contribution in [-0.2, 0) is 0 Å².